The van der Waals surface area contributed by atoms with Gasteiger partial charge in [-0.25, -0.2) is 0 Å². The molecule has 0 amide bonds. The highest BCUT2D eigenvalue weighted by atomic mass is 32.2. The van der Waals surface area contributed by atoms with Crippen molar-refractivity contribution in [1.29, 1.82) is 0 Å². The lowest BCUT2D eigenvalue weighted by molar-refractivity contribution is 0.540. The van der Waals surface area contributed by atoms with Crippen molar-refractivity contribution in [3.8, 4) is 0 Å². The molecule has 0 spiro atoms. The summed E-state index contributed by atoms with van der Waals surface area (Å²) in [5, 5.41) is 0. The summed E-state index contributed by atoms with van der Waals surface area (Å²) < 4.78 is 0. The third-order valence-electron chi connectivity index (χ3n) is 3.59. The fraction of sp³-hybridized carbons (Fsp3) is 0.941. The van der Waals surface area contributed by atoms with Crippen molar-refractivity contribution in [3.05, 3.63) is 5.75 Å². The van der Waals surface area contributed by atoms with E-state index in [1.165, 1.54) is 89.9 Å². The van der Waals surface area contributed by atoms with Crippen molar-refractivity contribution in [3.63, 3.8) is 0 Å². The van der Waals surface area contributed by atoms with Crippen LogP contribution in [0.1, 0.15) is 96.8 Å². The van der Waals surface area contributed by atoms with Gasteiger partial charge in [0.15, 0.2) is 0 Å². The van der Waals surface area contributed by atoms with E-state index >= 15 is 0 Å². The zero-order chi connectivity index (χ0) is 13.3. The average Bonchev–Trinajstić information content (AvgIpc) is 2.39. The molecule has 0 aromatic heterocycles. The van der Waals surface area contributed by atoms with Gasteiger partial charge in [0.25, 0.3) is 0 Å². The Bertz CT molecular complexity index is 118. The van der Waals surface area contributed by atoms with Crippen LogP contribution in [0, 0.1) is 5.75 Å². The molecule has 0 saturated carbocycles. The molecule has 0 unspecified atom stereocenters. The Kier molecular flexibility index (Phi) is 17.7. The van der Waals surface area contributed by atoms with Crippen LogP contribution in [-0.2, 0) is 0 Å². The van der Waals surface area contributed by atoms with Gasteiger partial charge in [-0.15, -0.1) is 0 Å². The minimum absolute atomic E-state index is 1.30. The fourth-order valence-electron chi connectivity index (χ4n) is 2.36. The van der Waals surface area contributed by atoms with Gasteiger partial charge in [-0.2, -0.15) is 11.8 Å². The zero-order valence-corrected chi connectivity index (χ0v) is 13.7. The van der Waals surface area contributed by atoms with Crippen LogP contribution in [0.4, 0.5) is 0 Å². The van der Waals surface area contributed by atoms with E-state index in [-0.39, 0.29) is 0 Å². The second kappa shape index (κ2) is 17.4. The first kappa shape index (κ1) is 18.4. The molecule has 0 heterocycles. The monoisotopic (exact) mass is 271 g/mol. The lowest BCUT2D eigenvalue weighted by atomic mass is 10.0. The van der Waals surface area contributed by atoms with Crippen molar-refractivity contribution in [2.75, 3.05) is 6.26 Å². The Morgan fingerprint density at radius 3 is 1.39 bits per heavy atom. The second-order valence-corrected chi connectivity index (χ2v) is 6.24. The van der Waals surface area contributed by atoms with Crippen LogP contribution in [0.15, 0.2) is 0 Å². The summed E-state index contributed by atoms with van der Waals surface area (Å²) in [7, 11) is 0. The number of thioether (sulfide) groups is 1. The van der Waals surface area contributed by atoms with E-state index < -0.39 is 0 Å². The van der Waals surface area contributed by atoms with Crippen LogP contribution in [-0.4, -0.2) is 6.26 Å². The van der Waals surface area contributed by atoms with Crippen LogP contribution in [0.3, 0.4) is 0 Å². The highest BCUT2D eigenvalue weighted by Crippen LogP contribution is 2.14. The normalized spacial score (nSPS) is 11.0. The van der Waals surface area contributed by atoms with E-state index in [0.717, 1.165) is 0 Å². The Labute approximate surface area is 121 Å². The third-order valence-corrected chi connectivity index (χ3v) is 4.16. The van der Waals surface area contributed by atoms with Crippen LogP contribution < -0.4 is 0 Å². The molecular formula is C17H35S. The SMILES string of the molecule is CCCCCCCCCCCCCCC[CH]SC. The van der Waals surface area contributed by atoms with E-state index in [2.05, 4.69) is 18.9 Å². The summed E-state index contributed by atoms with van der Waals surface area (Å²) in [5.74, 6) is 2.33. The summed E-state index contributed by atoms with van der Waals surface area (Å²) in [4.78, 5) is 0. The van der Waals surface area contributed by atoms with Gasteiger partial charge in [-0.1, -0.05) is 90.4 Å². The first-order valence-electron chi connectivity index (χ1n) is 8.26. The topological polar surface area (TPSA) is 0 Å². The molecule has 0 nitrogen and oxygen atoms in total. The summed E-state index contributed by atoms with van der Waals surface area (Å²) in [6.45, 7) is 2.29. The van der Waals surface area contributed by atoms with E-state index in [1.807, 2.05) is 11.8 Å². The molecule has 1 heteroatoms. The first-order valence-corrected chi connectivity index (χ1v) is 9.55. The van der Waals surface area contributed by atoms with E-state index in [1.54, 1.807) is 0 Å². The molecule has 0 aromatic rings. The predicted molar refractivity (Wildman–Crippen MR) is 88.1 cm³/mol. The molecule has 0 aliphatic rings. The fourth-order valence-corrected chi connectivity index (χ4v) is 2.77. The molecule has 0 N–H and O–H groups in total. The highest BCUT2D eigenvalue weighted by Gasteiger charge is 1.93. The summed E-state index contributed by atoms with van der Waals surface area (Å²) in [6.07, 6.45) is 22.3. The van der Waals surface area contributed by atoms with Crippen molar-refractivity contribution in [1.82, 2.24) is 0 Å². The number of hydrogen-bond donors (Lipinski definition) is 0. The van der Waals surface area contributed by atoms with Gasteiger partial charge in [0.05, 0.1) is 0 Å². The van der Waals surface area contributed by atoms with Gasteiger partial charge >= 0.3 is 0 Å². The molecule has 0 aromatic carbocycles. The summed E-state index contributed by atoms with van der Waals surface area (Å²) in [5.41, 5.74) is 0. The van der Waals surface area contributed by atoms with Gasteiger partial charge in [0.1, 0.15) is 0 Å². The minimum Gasteiger partial charge on any atom is -0.161 e. The smallest absolute Gasteiger partial charge is 0.0163 e. The van der Waals surface area contributed by atoms with E-state index in [9.17, 15) is 0 Å². The maximum atomic E-state index is 2.33. The quantitative estimate of drug-likeness (QED) is 0.289. The zero-order valence-electron chi connectivity index (χ0n) is 12.9. The molecular weight excluding hydrogens is 236 g/mol. The number of unbranched alkanes of at least 4 members (excludes halogenated alkanes) is 13. The van der Waals surface area contributed by atoms with Gasteiger partial charge in [-0.3, -0.25) is 0 Å². The molecule has 0 saturated heterocycles. The van der Waals surface area contributed by atoms with Gasteiger partial charge in [0, 0.05) is 5.75 Å². The standard InChI is InChI=1S/C17H35S/c1-3-4-5-6-7-8-9-10-11-12-13-14-15-16-17-18-2/h17H,3-16H2,1-2H3. The lowest BCUT2D eigenvalue weighted by Crippen LogP contribution is -1.83. The maximum absolute atomic E-state index is 2.33. The minimum atomic E-state index is 1.30. The number of hydrogen-bond acceptors (Lipinski definition) is 1. The third kappa shape index (κ3) is 16.4. The first-order chi connectivity index (χ1) is 8.91. The van der Waals surface area contributed by atoms with E-state index in [0.29, 0.717) is 0 Å². The van der Waals surface area contributed by atoms with Crippen molar-refractivity contribution in [2.45, 2.75) is 96.8 Å². The van der Waals surface area contributed by atoms with Crippen LogP contribution in [0.5, 0.6) is 0 Å². The molecule has 0 aliphatic heterocycles. The van der Waals surface area contributed by atoms with E-state index in [4.69, 9.17) is 0 Å². The highest BCUT2D eigenvalue weighted by molar-refractivity contribution is 8.00. The van der Waals surface area contributed by atoms with Crippen molar-refractivity contribution >= 4 is 11.8 Å². The van der Waals surface area contributed by atoms with Gasteiger partial charge in [-0.05, 0) is 12.7 Å². The molecule has 0 atom stereocenters. The molecule has 0 bridgehead atoms. The molecule has 0 fully saturated rings. The Morgan fingerprint density at radius 2 is 1.00 bits per heavy atom. The van der Waals surface area contributed by atoms with Crippen molar-refractivity contribution in [2.24, 2.45) is 0 Å². The maximum Gasteiger partial charge on any atom is 0.0163 e. The largest absolute Gasteiger partial charge is 0.161 e. The van der Waals surface area contributed by atoms with Gasteiger partial charge < -0.3 is 0 Å². The Morgan fingerprint density at radius 1 is 0.611 bits per heavy atom. The predicted octanol–water partition coefficient (Wildman–Crippen LogP) is 6.99. The molecule has 0 rings (SSSR count). The van der Waals surface area contributed by atoms with Crippen LogP contribution in [0.25, 0.3) is 0 Å². The molecule has 18 heavy (non-hydrogen) atoms. The van der Waals surface area contributed by atoms with Crippen molar-refractivity contribution < 1.29 is 0 Å². The number of rotatable bonds is 15. The molecule has 109 valence electrons. The Hall–Kier alpha value is 0.350. The summed E-state index contributed by atoms with van der Waals surface area (Å²) in [6, 6.07) is 0. The molecule has 0 aliphatic carbocycles. The summed E-state index contributed by atoms with van der Waals surface area (Å²) >= 11 is 1.86. The lowest BCUT2D eigenvalue weighted by Gasteiger charge is -2.02. The molecule has 1 radical (unpaired) electrons. The van der Waals surface area contributed by atoms with Gasteiger partial charge in [0.2, 0.25) is 0 Å². The second-order valence-electron chi connectivity index (χ2n) is 5.43. The van der Waals surface area contributed by atoms with Crippen LogP contribution >= 0.6 is 11.8 Å². The average molecular weight is 272 g/mol. The van der Waals surface area contributed by atoms with Crippen LogP contribution in [0.2, 0.25) is 0 Å². The Balaban J connectivity index is 2.86.